The summed E-state index contributed by atoms with van der Waals surface area (Å²) >= 11 is 6.58. The van der Waals surface area contributed by atoms with Gasteiger partial charge in [-0.25, -0.2) is 12.7 Å². The van der Waals surface area contributed by atoms with Gasteiger partial charge in [0.2, 0.25) is 10.0 Å². The van der Waals surface area contributed by atoms with E-state index in [-0.39, 0.29) is 18.2 Å². The van der Waals surface area contributed by atoms with Gasteiger partial charge in [0.25, 0.3) is 5.91 Å². The summed E-state index contributed by atoms with van der Waals surface area (Å²) in [6, 6.07) is 5.16. The van der Waals surface area contributed by atoms with Crippen molar-refractivity contribution in [2.45, 2.75) is 0 Å². The van der Waals surface area contributed by atoms with E-state index in [0.29, 0.717) is 10.0 Å². The molecule has 0 unspecified atom stereocenters. The average Bonchev–Trinajstić information content (AvgIpc) is 2.28. The van der Waals surface area contributed by atoms with Gasteiger partial charge in [-0.3, -0.25) is 4.79 Å². The van der Waals surface area contributed by atoms with E-state index < -0.39 is 10.0 Å². The highest BCUT2D eigenvalue weighted by atomic mass is 79.9. The number of nitrogens with zero attached hydrogens (tertiary/aromatic N) is 1. The zero-order valence-electron chi connectivity index (χ0n) is 10.5. The van der Waals surface area contributed by atoms with Crippen LogP contribution in [0.2, 0.25) is 0 Å². The molecule has 1 aromatic carbocycles. The number of hydrogen-bond acceptors (Lipinski definition) is 3. The number of rotatable bonds is 5. The second kappa shape index (κ2) is 6.83. The maximum Gasteiger partial charge on any atom is 0.252 e. The van der Waals surface area contributed by atoms with Crippen molar-refractivity contribution < 1.29 is 13.2 Å². The quantitative estimate of drug-likeness (QED) is 0.800. The lowest BCUT2D eigenvalue weighted by molar-refractivity contribution is 0.0955. The third kappa shape index (κ3) is 4.87. The van der Waals surface area contributed by atoms with Gasteiger partial charge in [0.1, 0.15) is 0 Å². The van der Waals surface area contributed by atoms with Gasteiger partial charge in [0, 0.05) is 29.6 Å². The third-order valence-corrected chi connectivity index (χ3v) is 5.36. The number of carbonyl (C=O) groups excluding carboxylic acids is 1. The van der Waals surface area contributed by atoms with Crippen molar-refractivity contribution >= 4 is 47.8 Å². The summed E-state index contributed by atoms with van der Waals surface area (Å²) in [4.78, 5) is 11.9. The van der Waals surface area contributed by atoms with Gasteiger partial charge < -0.3 is 5.32 Å². The SMILES string of the molecule is CN(C)S(=O)(=O)CCNC(=O)c1ccc(Br)cc1Br. The zero-order valence-corrected chi connectivity index (χ0v) is 14.5. The molecule has 0 bridgehead atoms. The van der Waals surface area contributed by atoms with E-state index in [1.165, 1.54) is 14.1 Å². The summed E-state index contributed by atoms with van der Waals surface area (Å²) in [5.74, 6) is -0.437. The molecular weight excluding hydrogens is 400 g/mol. The van der Waals surface area contributed by atoms with E-state index in [1.807, 2.05) is 0 Å². The minimum absolute atomic E-state index is 0.0713. The Bertz CT molecular complexity index is 573. The number of halogens is 2. The molecule has 0 aromatic heterocycles. The van der Waals surface area contributed by atoms with Crippen LogP contribution < -0.4 is 5.32 Å². The van der Waals surface area contributed by atoms with Gasteiger partial charge >= 0.3 is 0 Å². The monoisotopic (exact) mass is 412 g/mol. The molecule has 0 fully saturated rings. The van der Waals surface area contributed by atoms with Crippen molar-refractivity contribution in [2.75, 3.05) is 26.4 Å². The fourth-order valence-corrected chi connectivity index (χ4v) is 3.20. The molecule has 0 heterocycles. The van der Waals surface area contributed by atoms with Crippen LogP contribution >= 0.6 is 31.9 Å². The predicted molar refractivity (Wildman–Crippen MR) is 81.6 cm³/mol. The van der Waals surface area contributed by atoms with Gasteiger partial charge in [-0.1, -0.05) is 15.9 Å². The molecule has 0 aliphatic carbocycles. The minimum Gasteiger partial charge on any atom is -0.351 e. The Kier molecular flexibility index (Phi) is 5.97. The van der Waals surface area contributed by atoms with E-state index in [4.69, 9.17) is 0 Å². The highest BCUT2D eigenvalue weighted by molar-refractivity contribution is 9.11. The van der Waals surface area contributed by atoms with E-state index in [0.717, 1.165) is 8.78 Å². The molecule has 0 aliphatic rings. The van der Waals surface area contributed by atoms with Gasteiger partial charge in [-0.2, -0.15) is 0 Å². The molecule has 0 saturated heterocycles. The second-order valence-electron chi connectivity index (χ2n) is 3.98. The van der Waals surface area contributed by atoms with Crippen LogP contribution in [0, 0.1) is 0 Å². The fraction of sp³-hybridized carbons (Fsp3) is 0.364. The molecule has 106 valence electrons. The number of hydrogen-bond donors (Lipinski definition) is 1. The van der Waals surface area contributed by atoms with Crippen LogP contribution in [-0.2, 0) is 10.0 Å². The van der Waals surface area contributed by atoms with Crippen molar-refractivity contribution in [3.63, 3.8) is 0 Å². The van der Waals surface area contributed by atoms with Gasteiger partial charge in [-0.15, -0.1) is 0 Å². The second-order valence-corrected chi connectivity index (χ2v) is 8.05. The molecule has 1 N–H and O–H groups in total. The normalized spacial score (nSPS) is 11.6. The van der Waals surface area contributed by atoms with E-state index in [9.17, 15) is 13.2 Å². The molecule has 19 heavy (non-hydrogen) atoms. The van der Waals surface area contributed by atoms with E-state index >= 15 is 0 Å². The lowest BCUT2D eigenvalue weighted by atomic mass is 10.2. The Morgan fingerprint density at radius 3 is 2.47 bits per heavy atom. The lowest BCUT2D eigenvalue weighted by Crippen LogP contribution is -2.34. The van der Waals surface area contributed by atoms with Crippen LogP contribution in [0.1, 0.15) is 10.4 Å². The molecule has 0 aliphatic heterocycles. The fourth-order valence-electron chi connectivity index (χ4n) is 1.24. The summed E-state index contributed by atoms with van der Waals surface area (Å²) in [6.45, 7) is 0.0713. The topological polar surface area (TPSA) is 66.5 Å². The molecular formula is C11H14Br2N2O3S. The number of sulfonamides is 1. The number of benzene rings is 1. The highest BCUT2D eigenvalue weighted by Gasteiger charge is 2.15. The van der Waals surface area contributed by atoms with Crippen LogP contribution in [0.15, 0.2) is 27.1 Å². The number of carbonyl (C=O) groups is 1. The van der Waals surface area contributed by atoms with Gasteiger partial charge in [-0.05, 0) is 34.1 Å². The van der Waals surface area contributed by atoms with Crippen molar-refractivity contribution in [3.8, 4) is 0 Å². The molecule has 5 nitrogen and oxygen atoms in total. The van der Waals surface area contributed by atoms with Crippen molar-refractivity contribution in [1.82, 2.24) is 9.62 Å². The summed E-state index contributed by atoms with van der Waals surface area (Å²) in [6.07, 6.45) is 0. The molecule has 0 radical (unpaired) electrons. The third-order valence-electron chi connectivity index (χ3n) is 2.38. The van der Waals surface area contributed by atoms with Crippen molar-refractivity contribution in [1.29, 1.82) is 0 Å². The van der Waals surface area contributed by atoms with Crippen molar-refractivity contribution in [2.24, 2.45) is 0 Å². The van der Waals surface area contributed by atoms with Crippen LogP contribution in [-0.4, -0.2) is 45.0 Å². The Hall–Kier alpha value is -0.440. The van der Waals surface area contributed by atoms with Gasteiger partial charge in [0.05, 0.1) is 11.3 Å². The molecule has 0 atom stereocenters. The van der Waals surface area contributed by atoms with Crippen molar-refractivity contribution in [3.05, 3.63) is 32.7 Å². The maximum absolute atomic E-state index is 11.9. The lowest BCUT2D eigenvalue weighted by Gasteiger charge is -2.12. The van der Waals surface area contributed by atoms with Gasteiger partial charge in [0.15, 0.2) is 0 Å². The average molecular weight is 414 g/mol. The predicted octanol–water partition coefficient (Wildman–Crippen LogP) is 1.83. The zero-order chi connectivity index (χ0) is 14.6. The van der Waals surface area contributed by atoms with Crippen LogP contribution in [0.4, 0.5) is 0 Å². The molecule has 1 rings (SSSR count). The van der Waals surface area contributed by atoms with Crippen LogP contribution in [0.25, 0.3) is 0 Å². The molecule has 8 heteroatoms. The summed E-state index contributed by atoms with van der Waals surface area (Å²) in [7, 11) is -0.372. The smallest absolute Gasteiger partial charge is 0.252 e. The standard InChI is InChI=1S/C11H14Br2N2O3S/c1-15(2)19(17,18)6-5-14-11(16)9-4-3-8(12)7-10(9)13/h3-4,7H,5-6H2,1-2H3,(H,14,16). The first-order valence-corrected chi connectivity index (χ1v) is 8.57. The Balaban J connectivity index is 2.62. The summed E-state index contributed by atoms with van der Waals surface area (Å²) < 4.78 is 25.7. The number of amides is 1. The Labute approximate surface area is 129 Å². The summed E-state index contributed by atoms with van der Waals surface area (Å²) in [5, 5.41) is 2.58. The highest BCUT2D eigenvalue weighted by Crippen LogP contribution is 2.21. The molecule has 1 amide bonds. The molecule has 0 spiro atoms. The first-order valence-electron chi connectivity index (χ1n) is 5.37. The van der Waals surface area contributed by atoms with Crippen LogP contribution in [0.3, 0.4) is 0 Å². The maximum atomic E-state index is 11.9. The first-order chi connectivity index (χ1) is 8.74. The minimum atomic E-state index is -3.29. The molecule has 0 saturated carbocycles. The summed E-state index contributed by atoms with van der Waals surface area (Å²) in [5.41, 5.74) is 0.463. The Morgan fingerprint density at radius 2 is 1.95 bits per heavy atom. The molecule has 1 aromatic rings. The van der Waals surface area contributed by atoms with E-state index in [1.54, 1.807) is 18.2 Å². The first kappa shape index (κ1) is 16.6. The Morgan fingerprint density at radius 1 is 1.32 bits per heavy atom. The largest absolute Gasteiger partial charge is 0.351 e. The van der Waals surface area contributed by atoms with Crippen LogP contribution in [0.5, 0.6) is 0 Å². The van der Waals surface area contributed by atoms with E-state index in [2.05, 4.69) is 37.2 Å². The number of nitrogens with one attached hydrogen (secondary N) is 1.